The number of hydrogen-bond acceptors (Lipinski definition) is 2. The van der Waals surface area contributed by atoms with Gasteiger partial charge in [-0.05, 0) is 77.7 Å². The van der Waals surface area contributed by atoms with Crippen molar-refractivity contribution in [2.75, 3.05) is 11.6 Å². The fourth-order valence-electron chi connectivity index (χ4n) is 1.77. The van der Waals surface area contributed by atoms with Gasteiger partial charge in [0, 0.05) is 20.2 Å². The third-order valence-corrected chi connectivity index (χ3v) is 4.31. The summed E-state index contributed by atoms with van der Waals surface area (Å²) < 4.78 is 1.26. The van der Waals surface area contributed by atoms with Gasteiger partial charge in [0.15, 0.2) is 0 Å². The standard InChI is InChI=1S/C15H16INS/c1-11(12-3-9-15(18-2)10-4-12)17-14-7-5-13(16)6-8-14/h3-11,17H,1-2H3. The van der Waals surface area contributed by atoms with Crippen LogP contribution in [0.3, 0.4) is 0 Å². The van der Waals surface area contributed by atoms with Crippen molar-refractivity contribution in [3.63, 3.8) is 0 Å². The molecule has 0 radical (unpaired) electrons. The van der Waals surface area contributed by atoms with Crippen LogP contribution in [-0.4, -0.2) is 6.26 Å². The predicted molar refractivity (Wildman–Crippen MR) is 89.4 cm³/mol. The van der Waals surface area contributed by atoms with Crippen molar-refractivity contribution in [1.82, 2.24) is 0 Å². The van der Waals surface area contributed by atoms with Gasteiger partial charge in [-0.15, -0.1) is 11.8 Å². The second-order valence-corrected chi connectivity index (χ2v) is 6.27. The molecule has 2 aromatic carbocycles. The zero-order valence-electron chi connectivity index (χ0n) is 10.5. The summed E-state index contributed by atoms with van der Waals surface area (Å²) in [6.07, 6.45) is 2.10. The van der Waals surface area contributed by atoms with Crippen molar-refractivity contribution in [3.05, 3.63) is 57.7 Å². The van der Waals surface area contributed by atoms with Gasteiger partial charge < -0.3 is 5.32 Å². The Morgan fingerprint density at radius 3 is 2.17 bits per heavy atom. The first-order valence-corrected chi connectivity index (χ1v) is 8.15. The van der Waals surface area contributed by atoms with Crippen LogP contribution in [0.1, 0.15) is 18.5 Å². The van der Waals surface area contributed by atoms with Gasteiger partial charge in [-0.25, -0.2) is 0 Å². The monoisotopic (exact) mass is 369 g/mol. The molecule has 0 amide bonds. The number of halogens is 1. The van der Waals surface area contributed by atoms with Crippen LogP contribution in [0.25, 0.3) is 0 Å². The Kier molecular flexibility index (Phi) is 4.95. The fraction of sp³-hybridized carbons (Fsp3) is 0.200. The van der Waals surface area contributed by atoms with E-state index < -0.39 is 0 Å². The van der Waals surface area contributed by atoms with Gasteiger partial charge in [-0.2, -0.15) is 0 Å². The third kappa shape index (κ3) is 3.65. The van der Waals surface area contributed by atoms with E-state index in [1.165, 1.54) is 14.0 Å². The van der Waals surface area contributed by atoms with Crippen LogP contribution in [0.2, 0.25) is 0 Å². The molecule has 0 saturated carbocycles. The zero-order chi connectivity index (χ0) is 13.0. The quantitative estimate of drug-likeness (QED) is 0.588. The van der Waals surface area contributed by atoms with Crippen molar-refractivity contribution in [2.24, 2.45) is 0 Å². The summed E-state index contributed by atoms with van der Waals surface area (Å²) >= 11 is 4.09. The summed E-state index contributed by atoms with van der Waals surface area (Å²) in [4.78, 5) is 1.31. The van der Waals surface area contributed by atoms with E-state index >= 15 is 0 Å². The number of thioether (sulfide) groups is 1. The van der Waals surface area contributed by atoms with E-state index in [1.54, 1.807) is 11.8 Å². The molecule has 1 unspecified atom stereocenters. The molecule has 1 atom stereocenters. The molecule has 0 aliphatic carbocycles. The highest BCUT2D eigenvalue weighted by atomic mass is 127. The SMILES string of the molecule is CSc1ccc(C(C)Nc2ccc(I)cc2)cc1. The minimum atomic E-state index is 0.320. The molecule has 1 N–H and O–H groups in total. The lowest BCUT2D eigenvalue weighted by atomic mass is 10.1. The molecular weight excluding hydrogens is 353 g/mol. The highest BCUT2D eigenvalue weighted by Crippen LogP contribution is 2.22. The Morgan fingerprint density at radius 1 is 1.00 bits per heavy atom. The van der Waals surface area contributed by atoms with Crippen LogP contribution >= 0.6 is 34.4 Å². The van der Waals surface area contributed by atoms with Gasteiger partial charge in [-0.3, -0.25) is 0 Å². The van der Waals surface area contributed by atoms with Crippen molar-refractivity contribution in [1.29, 1.82) is 0 Å². The lowest BCUT2D eigenvalue weighted by Gasteiger charge is -2.16. The Bertz CT molecular complexity index is 493. The number of benzene rings is 2. The molecule has 2 aromatic rings. The van der Waals surface area contributed by atoms with Crippen molar-refractivity contribution < 1.29 is 0 Å². The van der Waals surface area contributed by atoms with E-state index in [9.17, 15) is 0 Å². The highest BCUT2D eigenvalue weighted by Gasteiger charge is 2.04. The number of rotatable bonds is 4. The van der Waals surface area contributed by atoms with E-state index in [0.29, 0.717) is 6.04 Å². The normalized spacial score (nSPS) is 12.2. The minimum absolute atomic E-state index is 0.320. The smallest absolute Gasteiger partial charge is 0.0485 e. The molecule has 0 aromatic heterocycles. The second kappa shape index (κ2) is 6.48. The van der Waals surface area contributed by atoms with Gasteiger partial charge in [0.1, 0.15) is 0 Å². The molecule has 0 spiro atoms. The topological polar surface area (TPSA) is 12.0 Å². The van der Waals surface area contributed by atoms with Gasteiger partial charge in [0.25, 0.3) is 0 Å². The van der Waals surface area contributed by atoms with Crippen LogP contribution in [0, 0.1) is 3.57 Å². The van der Waals surface area contributed by atoms with Gasteiger partial charge in [-0.1, -0.05) is 12.1 Å². The van der Waals surface area contributed by atoms with Crippen molar-refractivity contribution in [2.45, 2.75) is 17.9 Å². The molecule has 0 aliphatic rings. The Hall–Kier alpha value is -0.680. The van der Waals surface area contributed by atoms with E-state index in [-0.39, 0.29) is 0 Å². The second-order valence-electron chi connectivity index (χ2n) is 4.15. The maximum atomic E-state index is 3.51. The van der Waals surface area contributed by atoms with Crippen molar-refractivity contribution in [3.8, 4) is 0 Å². The van der Waals surface area contributed by atoms with E-state index in [0.717, 1.165) is 5.69 Å². The van der Waals surface area contributed by atoms with Gasteiger partial charge >= 0.3 is 0 Å². The summed E-state index contributed by atoms with van der Waals surface area (Å²) in [5, 5.41) is 3.51. The Balaban J connectivity index is 2.06. The summed E-state index contributed by atoms with van der Waals surface area (Å²) in [5.74, 6) is 0. The van der Waals surface area contributed by atoms with Gasteiger partial charge in [0.05, 0.1) is 0 Å². The molecule has 0 heterocycles. The average Bonchev–Trinajstić information content (AvgIpc) is 2.41. The number of hydrogen-bond donors (Lipinski definition) is 1. The van der Waals surface area contributed by atoms with Crippen LogP contribution in [0.15, 0.2) is 53.4 Å². The largest absolute Gasteiger partial charge is 0.379 e. The highest BCUT2D eigenvalue weighted by molar-refractivity contribution is 14.1. The lowest BCUT2D eigenvalue weighted by molar-refractivity contribution is 0.883. The molecule has 1 nitrogen and oxygen atoms in total. The first-order chi connectivity index (χ1) is 8.69. The average molecular weight is 369 g/mol. The molecule has 3 heteroatoms. The minimum Gasteiger partial charge on any atom is -0.379 e. The summed E-state index contributed by atoms with van der Waals surface area (Å²) in [7, 11) is 0. The molecule has 0 aliphatic heterocycles. The van der Waals surface area contributed by atoms with Crippen LogP contribution in [-0.2, 0) is 0 Å². The van der Waals surface area contributed by atoms with E-state index in [4.69, 9.17) is 0 Å². The first kappa shape index (κ1) is 13.7. The first-order valence-electron chi connectivity index (χ1n) is 5.85. The predicted octanol–water partition coefficient (Wildman–Crippen LogP) is 5.19. The van der Waals surface area contributed by atoms with Gasteiger partial charge in [0.2, 0.25) is 0 Å². The number of nitrogens with one attached hydrogen (secondary N) is 1. The molecule has 2 rings (SSSR count). The maximum absolute atomic E-state index is 3.51. The van der Waals surface area contributed by atoms with Crippen LogP contribution < -0.4 is 5.32 Å². The summed E-state index contributed by atoms with van der Waals surface area (Å²) in [6.45, 7) is 2.19. The molecule has 0 fully saturated rings. The molecule has 0 bridgehead atoms. The molecular formula is C15H16INS. The van der Waals surface area contributed by atoms with Crippen LogP contribution in [0.5, 0.6) is 0 Å². The van der Waals surface area contributed by atoms with Crippen LogP contribution in [0.4, 0.5) is 5.69 Å². The lowest BCUT2D eigenvalue weighted by Crippen LogP contribution is -2.06. The van der Waals surface area contributed by atoms with E-state index in [2.05, 4.69) is 89.6 Å². The Labute approximate surface area is 127 Å². The van der Waals surface area contributed by atoms with E-state index in [1.807, 2.05) is 0 Å². The number of anilines is 1. The maximum Gasteiger partial charge on any atom is 0.0485 e. The Morgan fingerprint density at radius 2 is 1.61 bits per heavy atom. The molecule has 0 saturated heterocycles. The fourth-order valence-corrected chi connectivity index (χ4v) is 2.54. The molecule has 94 valence electrons. The molecule has 18 heavy (non-hydrogen) atoms. The van der Waals surface area contributed by atoms with Crippen molar-refractivity contribution >= 4 is 40.0 Å². The summed E-state index contributed by atoms with van der Waals surface area (Å²) in [6, 6.07) is 17.5. The summed E-state index contributed by atoms with van der Waals surface area (Å²) in [5.41, 5.74) is 2.48. The third-order valence-electron chi connectivity index (χ3n) is 2.84. The zero-order valence-corrected chi connectivity index (χ0v) is 13.5.